The molecule has 0 spiro atoms. The molecule has 0 aliphatic rings. The molecule has 0 rings (SSSR count). The summed E-state index contributed by atoms with van der Waals surface area (Å²) in [5.41, 5.74) is 0. The lowest BCUT2D eigenvalue weighted by Crippen LogP contribution is -2.09. The first kappa shape index (κ1) is 13.9. The first-order valence-electron chi connectivity index (χ1n) is 3.57. The molecular weight excluding hydrogens is 466 g/mol. The average Bonchev–Trinajstić information content (AvgIpc) is 2.10. The van der Waals surface area contributed by atoms with Gasteiger partial charge >= 0.3 is 6.16 Å². The minimum atomic E-state index is -0.610. The van der Waals surface area contributed by atoms with Gasteiger partial charge in [-0.25, -0.2) is 4.79 Å². The third kappa shape index (κ3) is 7.98. The van der Waals surface area contributed by atoms with Crippen LogP contribution in [0.4, 0.5) is 4.79 Å². The molecule has 6 heteroatoms. The Kier molecular flexibility index (Phi) is 8.88. The summed E-state index contributed by atoms with van der Waals surface area (Å²) in [5, 5.41) is 0. The van der Waals surface area contributed by atoms with Crippen molar-refractivity contribution >= 4 is 67.3 Å². The van der Waals surface area contributed by atoms with E-state index in [1.54, 1.807) is 0 Å². The van der Waals surface area contributed by atoms with E-state index in [1.807, 2.05) is 6.92 Å². The van der Waals surface area contributed by atoms with Crippen molar-refractivity contribution in [2.24, 2.45) is 0 Å². The molecule has 0 saturated heterocycles. The largest absolute Gasteiger partial charge is 0.508 e. The molecule has 0 aromatic carbocycles. The standard InChI is InChI=1S/C7H9BrI2O3/c1-2-3-12-7(11)13-4-5(9)6(8)10/h2-4H2,1H3/b6-5-. The number of halogens is 3. The molecule has 0 aromatic rings. The molecule has 0 N–H and O–H groups in total. The van der Waals surface area contributed by atoms with Crippen molar-refractivity contribution in [3.8, 4) is 0 Å². The molecule has 0 radical (unpaired) electrons. The lowest BCUT2D eigenvalue weighted by Gasteiger charge is -2.04. The van der Waals surface area contributed by atoms with Crippen molar-refractivity contribution in [1.82, 2.24) is 0 Å². The van der Waals surface area contributed by atoms with E-state index >= 15 is 0 Å². The quantitative estimate of drug-likeness (QED) is 0.457. The van der Waals surface area contributed by atoms with Gasteiger partial charge in [-0.2, -0.15) is 0 Å². The molecule has 0 aliphatic heterocycles. The summed E-state index contributed by atoms with van der Waals surface area (Å²) in [7, 11) is 0. The molecule has 0 aromatic heterocycles. The predicted octanol–water partition coefficient (Wildman–Crippen LogP) is 3.98. The molecule has 0 fully saturated rings. The summed E-state index contributed by atoms with van der Waals surface area (Å²) in [4.78, 5) is 10.8. The average molecular weight is 475 g/mol. The lowest BCUT2D eigenvalue weighted by molar-refractivity contribution is 0.0631. The molecular formula is C7H9BrI2O3. The van der Waals surface area contributed by atoms with Crippen LogP contribution in [0.3, 0.4) is 0 Å². The van der Waals surface area contributed by atoms with Crippen molar-refractivity contribution in [3.05, 3.63) is 6.07 Å². The Balaban J connectivity index is 3.65. The Hall–Kier alpha value is 0.950. The van der Waals surface area contributed by atoms with E-state index < -0.39 is 6.16 Å². The number of rotatable bonds is 4. The van der Waals surface area contributed by atoms with Gasteiger partial charge in [-0.05, 0) is 67.5 Å². The van der Waals surface area contributed by atoms with Crippen molar-refractivity contribution in [2.75, 3.05) is 13.2 Å². The van der Waals surface area contributed by atoms with Crippen LogP contribution in [0, 0.1) is 0 Å². The van der Waals surface area contributed by atoms with Crippen LogP contribution in [-0.2, 0) is 9.47 Å². The number of hydrogen-bond donors (Lipinski definition) is 0. The second kappa shape index (κ2) is 8.27. The van der Waals surface area contributed by atoms with Crippen LogP contribution in [0.1, 0.15) is 13.3 Å². The summed E-state index contributed by atoms with van der Waals surface area (Å²) in [5.74, 6) is 0. The maximum absolute atomic E-state index is 10.8. The molecule has 0 saturated carbocycles. The van der Waals surface area contributed by atoms with E-state index in [0.717, 1.165) is 12.5 Å². The first-order valence-corrected chi connectivity index (χ1v) is 6.52. The zero-order valence-electron chi connectivity index (χ0n) is 6.98. The maximum atomic E-state index is 10.8. The zero-order chi connectivity index (χ0) is 10.3. The minimum Gasteiger partial charge on any atom is -0.434 e. The van der Waals surface area contributed by atoms with Gasteiger partial charge in [0.05, 0.1) is 9.10 Å². The molecule has 0 unspecified atom stereocenters. The fourth-order valence-corrected chi connectivity index (χ4v) is 0.830. The second-order valence-electron chi connectivity index (χ2n) is 2.05. The topological polar surface area (TPSA) is 35.5 Å². The zero-order valence-corrected chi connectivity index (χ0v) is 12.9. The van der Waals surface area contributed by atoms with E-state index in [-0.39, 0.29) is 6.61 Å². The van der Waals surface area contributed by atoms with Crippen LogP contribution in [0.5, 0.6) is 0 Å². The Labute approximate surface area is 113 Å². The highest BCUT2D eigenvalue weighted by Gasteiger charge is 2.05. The molecule has 0 atom stereocenters. The van der Waals surface area contributed by atoms with E-state index in [0.29, 0.717) is 6.61 Å². The van der Waals surface area contributed by atoms with Crippen molar-refractivity contribution < 1.29 is 14.3 Å². The van der Waals surface area contributed by atoms with Crippen molar-refractivity contribution in [3.63, 3.8) is 0 Å². The minimum absolute atomic E-state index is 0.257. The summed E-state index contributed by atoms with van der Waals surface area (Å²) in [6.07, 6.45) is 0.194. The van der Waals surface area contributed by atoms with E-state index in [1.165, 1.54) is 0 Å². The Morgan fingerprint density at radius 3 is 2.46 bits per heavy atom. The lowest BCUT2D eigenvalue weighted by atomic mass is 10.5. The smallest absolute Gasteiger partial charge is 0.434 e. The Morgan fingerprint density at radius 2 is 2.00 bits per heavy atom. The van der Waals surface area contributed by atoms with E-state index in [4.69, 9.17) is 9.47 Å². The molecule has 0 heterocycles. The van der Waals surface area contributed by atoms with Crippen LogP contribution < -0.4 is 0 Å². The van der Waals surface area contributed by atoms with Crippen LogP contribution in [-0.4, -0.2) is 19.4 Å². The SMILES string of the molecule is CCCOC(=O)OC/C(I)=C(\Br)I. The Bertz CT molecular complexity index is 202. The predicted molar refractivity (Wildman–Crippen MR) is 71.6 cm³/mol. The highest BCUT2D eigenvalue weighted by Crippen LogP contribution is 2.24. The number of hydrogen-bond acceptors (Lipinski definition) is 3. The van der Waals surface area contributed by atoms with Crippen LogP contribution in [0.2, 0.25) is 0 Å². The molecule has 0 amide bonds. The highest BCUT2D eigenvalue weighted by atomic mass is 127. The monoisotopic (exact) mass is 474 g/mol. The van der Waals surface area contributed by atoms with Crippen molar-refractivity contribution in [1.29, 1.82) is 0 Å². The summed E-state index contributed by atoms with van der Waals surface area (Å²) >= 11 is 7.46. The molecule has 0 aliphatic carbocycles. The molecule has 0 bridgehead atoms. The van der Waals surface area contributed by atoms with Gasteiger partial charge in [0.15, 0.2) is 0 Å². The summed E-state index contributed by atoms with van der Waals surface area (Å²) < 4.78 is 11.4. The Morgan fingerprint density at radius 1 is 1.38 bits per heavy atom. The van der Waals surface area contributed by atoms with Gasteiger partial charge in [0.2, 0.25) is 0 Å². The van der Waals surface area contributed by atoms with E-state index in [9.17, 15) is 4.79 Å². The normalized spacial score (nSPS) is 12.0. The first-order chi connectivity index (χ1) is 6.07. The van der Waals surface area contributed by atoms with Gasteiger partial charge in [-0.3, -0.25) is 0 Å². The third-order valence-corrected chi connectivity index (χ3v) is 4.70. The van der Waals surface area contributed by atoms with Crippen LogP contribution in [0.15, 0.2) is 6.07 Å². The van der Waals surface area contributed by atoms with Gasteiger partial charge in [0.25, 0.3) is 0 Å². The van der Waals surface area contributed by atoms with Crippen LogP contribution in [0.25, 0.3) is 0 Å². The van der Waals surface area contributed by atoms with Gasteiger partial charge in [-0.1, -0.05) is 6.92 Å². The maximum Gasteiger partial charge on any atom is 0.508 e. The summed E-state index contributed by atoms with van der Waals surface area (Å²) in [6.45, 7) is 2.59. The van der Waals surface area contributed by atoms with E-state index in [2.05, 4.69) is 61.1 Å². The fraction of sp³-hybridized carbons (Fsp3) is 0.571. The van der Waals surface area contributed by atoms with Gasteiger partial charge < -0.3 is 9.47 Å². The molecule has 3 nitrogen and oxygen atoms in total. The highest BCUT2D eigenvalue weighted by molar-refractivity contribution is 14.1. The number of ether oxygens (including phenoxy) is 2. The van der Waals surface area contributed by atoms with Crippen LogP contribution >= 0.6 is 61.1 Å². The molecule has 76 valence electrons. The van der Waals surface area contributed by atoms with Crippen molar-refractivity contribution in [2.45, 2.75) is 13.3 Å². The summed E-state index contributed by atoms with van der Waals surface area (Å²) in [6, 6.07) is 0. The van der Waals surface area contributed by atoms with Gasteiger partial charge in [0, 0.05) is 3.58 Å². The fourth-order valence-electron chi connectivity index (χ4n) is 0.404. The van der Waals surface area contributed by atoms with Gasteiger partial charge in [-0.15, -0.1) is 0 Å². The molecule has 13 heavy (non-hydrogen) atoms. The number of carbonyl (C=O) groups excluding carboxylic acids is 1. The van der Waals surface area contributed by atoms with Gasteiger partial charge in [0.1, 0.15) is 6.61 Å². The second-order valence-corrected chi connectivity index (χ2v) is 6.71. The number of carbonyl (C=O) groups is 1. The third-order valence-electron chi connectivity index (χ3n) is 0.946.